The molecule has 162 valence electrons. The summed E-state index contributed by atoms with van der Waals surface area (Å²) in [6, 6.07) is 4.30. The van der Waals surface area contributed by atoms with Gasteiger partial charge < -0.3 is 20.3 Å². The first-order chi connectivity index (χ1) is 14.2. The number of hydrogen-bond donors (Lipinski definition) is 2. The Morgan fingerprint density at radius 1 is 1.14 bits per heavy atom. The van der Waals surface area contributed by atoms with Gasteiger partial charge in [0.25, 0.3) is 0 Å². The fourth-order valence-corrected chi connectivity index (χ4v) is 4.50. The van der Waals surface area contributed by atoms with Crippen LogP contribution >= 0.6 is 0 Å². The second-order valence-corrected chi connectivity index (χ2v) is 8.42. The van der Waals surface area contributed by atoms with Crippen molar-refractivity contribution in [1.29, 1.82) is 0 Å². The van der Waals surface area contributed by atoms with Crippen LogP contribution in [-0.4, -0.2) is 50.3 Å². The highest BCUT2D eigenvalue weighted by molar-refractivity contribution is 5.79. The maximum atomic E-state index is 5.64. The van der Waals surface area contributed by atoms with Gasteiger partial charge in [0, 0.05) is 45.6 Å². The summed E-state index contributed by atoms with van der Waals surface area (Å²) in [4.78, 5) is 11.8. The molecule has 0 spiro atoms. The van der Waals surface area contributed by atoms with Gasteiger partial charge in [0.2, 0.25) is 0 Å². The highest BCUT2D eigenvalue weighted by Gasteiger charge is 2.33. The number of aromatic nitrogens is 1. The minimum absolute atomic E-state index is 0.351. The van der Waals surface area contributed by atoms with E-state index >= 15 is 0 Å². The Labute approximate surface area is 176 Å². The molecule has 2 aliphatic rings. The highest BCUT2D eigenvalue weighted by atomic mass is 16.5. The third-order valence-electron chi connectivity index (χ3n) is 6.28. The van der Waals surface area contributed by atoms with Gasteiger partial charge in [0.15, 0.2) is 5.96 Å². The maximum absolute atomic E-state index is 5.64. The Morgan fingerprint density at radius 2 is 1.93 bits per heavy atom. The van der Waals surface area contributed by atoms with Crippen LogP contribution in [0.15, 0.2) is 23.3 Å². The number of nitrogens with zero attached hydrogens (tertiary/aromatic N) is 3. The lowest BCUT2D eigenvalue weighted by atomic mass is 9.83. The summed E-state index contributed by atoms with van der Waals surface area (Å²) >= 11 is 0. The van der Waals surface area contributed by atoms with Crippen LogP contribution in [0, 0.1) is 5.41 Å². The van der Waals surface area contributed by atoms with Crippen molar-refractivity contribution in [1.82, 2.24) is 15.6 Å². The number of guanidine groups is 1. The van der Waals surface area contributed by atoms with Crippen molar-refractivity contribution in [2.45, 2.75) is 65.3 Å². The number of ether oxygens (including phenoxy) is 1. The number of anilines is 1. The van der Waals surface area contributed by atoms with Crippen molar-refractivity contribution in [3.8, 4) is 0 Å². The predicted octanol–water partition coefficient (Wildman–Crippen LogP) is 3.72. The van der Waals surface area contributed by atoms with E-state index in [9.17, 15) is 0 Å². The van der Waals surface area contributed by atoms with Crippen LogP contribution < -0.4 is 15.5 Å². The number of aliphatic imine (C=N–C) groups is 1. The molecule has 1 aliphatic heterocycles. The van der Waals surface area contributed by atoms with Crippen LogP contribution in [0.25, 0.3) is 0 Å². The first kappa shape index (κ1) is 21.9. The summed E-state index contributed by atoms with van der Waals surface area (Å²) in [5, 5.41) is 7.01. The molecule has 2 fully saturated rings. The van der Waals surface area contributed by atoms with Gasteiger partial charge in [-0.3, -0.25) is 0 Å². The normalized spacial score (nSPS) is 19.0. The zero-order valence-electron chi connectivity index (χ0n) is 18.4. The van der Waals surface area contributed by atoms with Gasteiger partial charge in [-0.1, -0.05) is 18.9 Å². The lowest BCUT2D eigenvalue weighted by Crippen LogP contribution is -2.43. The van der Waals surface area contributed by atoms with Crippen LogP contribution in [0.4, 0.5) is 5.82 Å². The molecule has 2 N–H and O–H groups in total. The molecule has 3 rings (SSSR count). The third-order valence-corrected chi connectivity index (χ3v) is 6.28. The molecule has 0 radical (unpaired) electrons. The first-order valence-electron chi connectivity index (χ1n) is 11.5. The van der Waals surface area contributed by atoms with Gasteiger partial charge in [0.05, 0.1) is 6.54 Å². The minimum atomic E-state index is 0.351. The second kappa shape index (κ2) is 11.4. The molecular formula is C23H39N5O. The Morgan fingerprint density at radius 3 is 2.59 bits per heavy atom. The van der Waals surface area contributed by atoms with Gasteiger partial charge in [-0.15, -0.1) is 0 Å². The van der Waals surface area contributed by atoms with Crippen molar-refractivity contribution in [3.05, 3.63) is 23.9 Å². The largest absolute Gasteiger partial charge is 0.382 e. The van der Waals surface area contributed by atoms with Gasteiger partial charge >= 0.3 is 0 Å². The fourth-order valence-electron chi connectivity index (χ4n) is 4.50. The number of pyridine rings is 1. The molecule has 0 unspecified atom stereocenters. The fraction of sp³-hybridized carbons (Fsp3) is 0.739. The lowest BCUT2D eigenvalue weighted by molar-refractivity contribution is 0.105. The zero-order chi connectivity index (χ0) is 20.4. The molecule has 1 aliphatic carbocycles. The van der Waals surface area contributed by atoms with Crippen LogP contribution in [-0.2, 0) is 11.3 Å². The molecular weight excluding hydrogens is 362 g/mol. The van der Waals surface area contributed by atoms with Crippen molar-refractivity contribution >= 4 is 11.8 Å². The first-order valence-corrected chi connectivity index (χ1v) is 11.5. The Hall–Kier alpha value is -1.82. The van der Waals surface area contributed by atoms with Crippen molar-refractivity contribution in [3.63, 3.8) is 0 Å². The summed E-state index contributed by atoms with van der Waals surface area (Å²) in [6.45, 7) is 10.6. The summed E-state index contributed by atoms with van der Waals surface area (Å²) in [7, 11) is 0. The molecule has 29 heavy (non-hydrogen) atoms. The average Bonchev–Trinajstić information content (AvgIpc) is 3.44. The standard InChI is InChI=1S/C23H39N5O/c1-3-24-22(27-19-23(11-5-6-12-23)13-16-29-4-2)26-18-20-9-10-21(25-17-20)28-14-7-8-15-28/h9-10,17H,3-8,11-16,18-19H2,1-2H3,(H2,24,26,27). The minimum Gasteiger partial charge on any atom is -0.382 e. The van der Waals surface area contributed by atoms with E-state index in [0.717, 1.165) is 63.2 Å². The molecule has 6 nitrogen and oxygen atoms in total. The van der Waals surface area contributed by atoms with E-state index in [1.54, 1.807) is 0 Å². The molecule has 1 saturated heterocycles. The third kappa shape index (κ3) is 6.59. The predicted molar refractivity (Wildman–Crippen MR) is 121 cm³/mol. The molecule has 0 bridgehead atoms. The van der Waals surface area contributed by atoms with Crippen LogP contribution in [0.1, 0.15) is 64.4 Å². The number of hydrogen-bond acceptors (Lipinski definition) is 4. The van der Waals surface area contributed by atoms with Gasteiger partial charge in [0.1, 0.15) is 5.82 Å². The maximum Gasteiger partial charge on any atom is 0.191 e. The second-order valence-electron chi connectivity index (χ2n) is 8.42. The van der Waals surface area contributed by atoms with Crippen LogP contribution in [0.2, 0.25) is 0 Å². The van der Waals surface area contributed by atoms with E-state index in [-0.39, 0.29) is 0 Å². The van der Waals surface area contributed by atoms with Crippen molar-refractivity contribution < 1.29 is 4.74 Å². The average molecular weight is 402 g/mol. The molecule has 6 heteroatoms. The van der Waals surface area contributed by atoms with Gasteiger partial charge in [-0.05, 0) is 63.0 Å². The van der Waals surface area contributed by atoms with E-state index in [2.05, 4.69) is 46.5 Å². The number of rotatable bonds is 10. The van der Waals surface area contributed by atoms with E-state index in [1.165, 1.54) is 38.5 Å². The molecule has 1 aromatic heterocycles. The lowest BCUT2D eigenvalue weighted by Gasteiger charge is -2.30. The van der Waals surface area contributed by atoms with Gasteiger partial charge in [-0.2, -0.15) is 0 Å². The Bertz CT molecular complexity index is 619. The molecule has 1 aromatic rings. The van der Waals surface area contributed by atoms with Crippen molar-refractivity contribution in [2.24, 2.45) is 10.4 Å². The van der Waals surface area contributed by atoms with E-state index < -0.39 is 0 Å². The smallest absolute Gasteiger partial charge is 0.191 e. The molecule has 2 heterocycles. The van der Waals surface area contributed by atoms with E-state index in [4.69, 9.17) is 9.73 Å². The SMILES string of the molecule is CCNC(=NCc1ccc(N2CCCC2)nc1)NCC1(CCOCC)CCCC1. The quantitative estimate of drug-likeness (QED) is 0.355. The van der Waals surface area contributed by atoms with Crippen LogP contribution in [0.5, 0.6) is 0 Å². The summed E-state index contributed by atoms with van der Waals surface area (Å²) in [5.74, 6) is 2.00. The van der Waals surface area contributed by atoms with Gasteiger partial charge in [-0.25, -0.2) is 9.98 Å². The molecule has 0 aromatic carbocycles. The number of nitrogens with one attached hydrogen (secondary N) is 2. The topological polar surface area (TPSA) is 61.8 Å². The molecule has 0 amide bonds. The molecule has 0 atom stereocenters. The Kier molecular flexibility index (Phi) is 8.59. The van der Waals surface area contributed by atoms with E-state index in [0.29, 0.717) is 12.0 Å². The Balaban J connectivity index is 1.54. The summed E-state index contributed by atoms with van der Waals surface area (Å²) in [6.07, 6.45) is 10.9. The van der Waals surface area contributed by atoms with E-state index in [1.807, 2.05) is 6.20 Å². The monoisotopic (exact) mass is 401 g/mol. The summed E-state index contributed by atoms with van der Waals surface area (Å²) < 4.78 is 5.64. The molecule has 1 saturated carbocycles. The zero-order valence-corrected chi connectivity index (χ0v) is 18.4. The highest BCUT2D eigenvalue weighted by Crippen LogP contribution is 2.40. The van der Waals surface area contributed by atoms with Crippen molar-refractivity contribution in [2.75, 3.05) is 44.3 Å². The van der Waals surface area contributed by atoms with Crippen LogP contribution in [0.3, 0.4) is 0 Å². The summed E-state index contributed by atoms with van der Waals surface area (Å²) in [5.41, 5.74) is 1.50.